The zero-order valence-electron chi connectivity index (χ0n) is 25.1. The van der Waals surface area contributed by atoms with Crippen LogP contribution in [0.3, 0.4) is 0 Å². The van der Waals surface area contributed by atoms with Gasteiger partial charge < -0.3 is 20.5 Å². The first-order chi connectivity index (χ1) is 22.3. The summed E-state index contributed by atoms with van der Waals surface area (Å²) in [5.74, 6) is -2.56. The van der Waals surface area contributed by atoms with Crippen LogP contribution in [0, 0.1) is 0 Å². The minimum absolute atomic E-state index is 0.221. The molecule has 0 saturated heterocycles. The molecule has 4 aromatic rings. The molecule has 1 aliphatic rings. The number of carbonyl (C=O) groups is 4. The first-order valence-corrected chi connectivity index (χ1v) is 16.4. The summed E-state index contributed by atoms with van der Waals surface area (Å²) in [4.78, 5) is 54.3. The van der Waals surface area contributed by atoms with Crippen molar-refractivity contribution < 1.29 is 29.0 Å². The van der Waals surface area contributed by atoms with E-state index in [-0.39, 0.29) is 12.5 Å². The topological polar surface area (TPSA) is 125 Å². The smallest absolute Gasteiger partial charge is 0.341 e. The monoisotopic (exact) mass is 655 g/mol. The minimum Gasteiger partial charge on any atom is -0.478 e. The van der Waals surface area contributed by atoms with Crippen molar-refractivity contribution >= 4 is 57.5 Å². The summed E-state index contributed by atoms with van der Waals surface area (Å²) in [7, 11) is 0. The molecule has 2 amide bonds. The Balaban J connectivity index is 1.39. The summed E-state index contributed by atoms with van der Waals surface area (Å²) in [5, 5.41) is 14.3. The van der Waals surface area contributed by atoms with E-state index < -0.39 is 23.1 Å². The van der Waals surface area contributed by atoms with Gasteiger partial charge in [0.05, 0.1) is 12.2 Å². The minimum atomic E-state index is -1.22. The average molecular weight is 656 g/mol. The molecule has 0 fully saturated rings. The van der Waals surface area contributed by atoms with E-state index in [1.807, 2.05) is 54.6 Å². The van der Waals surface area contributed by atoms with Gasteiger partial charge in [-0.05, 0) is 48.2 Å². The zero-order valence-corrected chi connectivity index (χ0v) is 26.7. The SMILES string of the molecule is CCOC(=O)c1c(NC(=O)C(Sc2cccc(NC(=O)/C=C/C(=O)O)c2)c2ccccc2)sc2c1CCN(Cc1ccccc1)C2. The van der Waals surface area contributed by atoms with Crippen LogP contribution in [0.2, 0.25) is 0 Å². The number of fused-ring (bicyclic) bond motifs is 1. The Bertz CT molecular complexity index is 1740. The van der Waals surface area contributed by atoms with E-state index in [2.05, 4.69) is 27.7 Å². The van der Waals surface area contributed by atoms with Crippen LogP contribution in [0.1, 0.15) is 44.1 Å². The molecule has 1 atom stereocenters. The third kappa shape index (κ3) is 8.51. The highest BCUT2D eigenvalue weighted by molar-refractivity contribution is 8.00. The molecule has 1 aromatic heterocycles. The molecule has 46 heavy (non-hydrogen) atoms. The van der Waals surface area contributed by atoms with Gasteiger partial charge in [0.2, 0.25) is 11.8 Å². The molecule has 0 radical (unpaired) electrons. The van der Waals surface area contributed by atoms with E-state index in [0.29, 0.717) is 34.1 Å². The van der Waals surface area contributed by atoms with Crippen molar-refractivity contribution in [1.29, 1.82) is 0 Å². The molecular weight excluding hydrogens is 623 g/mol. The molecule has 236 valence electrons. The number of anilines is 2. The Morgan fingerprint density at radius 1 is 0.978 bits per heavy atom. The van der Waals surface area contributed by atoms with E-state index >= 15 is 0 Å². The van der Waals surface area contributed by atoms with Crippen molar-refractivity contribution in [2.45, 2.75) is 36.6 Å². The van der Waals surface area contributed by atoms with E-state index in [0.717, 1.165) is 41.2 Å². The van der Waals surface area contributed by atoms with Crippen molar-refractivity contribution in [2.75, 3.05) is 23.8 Å². The standard InChI is InChI=1S/C35H33N3O6S2/c1-2-44-35(43)31-27-18-19-38(21-23-10-5-3-6-11-23)22-28(27)46-34(31)37-33(42)32(24-12-7-4-8-13-24)45-26-15-9-14-25(20-26)36-29(39)16-17-30(40)41/h3-17,20,32H,2,18-19,21-22H2,1H3,(H,36,39)(H,37,42)(H,40,41)/b17-16+. The Labute approximate surface area is 275 Å². The van der Waals surface area contributed by atoms with Gasteiger partial charge in [0.1, 0.15) is 10.3 Å². The predicted molar refractivity (Wildman–Crippen MR) is 180 cm³/mol. The number of amides is 2. The number of benzene rings is 3. The Hall–Kier alpha value is -4.71. The first kappa shape index (κ1) is 32.7. The van der Waals surface area contributed by atoms with Crippen molar-refractivity contribution in [1.82, 2.24) is 4.90 Å². The molecule has 0 aliphatic carbocycles. The van der Waals surface area contributed by atoms with Gasteiger partial charge in [0.15, 0.2) is 0 Å². The summed E-state index contributed by atoms with van der Waals surface area (Å²) in [6.07, 6.45) is 2.36. The van der Waals surface area contributed by atoms with E-state index in [4.69, 9.17) is 9.84 Å². The highest BCUT2D eigenvalue weighted by Gasteiger charge is 2.31. The maximum Gasteiger partial charge on any atom is 0.341 e. The zero-order chi connectivity index (χ0) is 32.5. The van der Waals surface area contributed by atoms with Crippen molar-refractivity contribution in [3.8, 4) is 0 Å². The number of thiophene rings is 1. The third-order valence-electron chi connectivity index (χ3n) is 7.17. The summed E-state index contributed by atoms with van der Waals surface area (Å²) < 4.78 is 5.44. The summed E-state index contributed by atoms with van der Waals surface area (Å²) in [5.41, 5.74) is 3.77. The van der Waals surface area contributed by atoms with Gasteiger partial charge >= 0.3 is 11.9 Å². The summed E-state index contributed by atoms with van der Waals surface area (Å²) >= 11 is 2.71. The normalized spacial score (nSPS) is 13.5. The number of rotatable bonds is 12. The fraction of sp³-hybridized carbons (Fsp3) is 0.200. The fourth-order valence-electron chi connectivity index (χ4n) is 5.13. The van der Waals surface area contributed by atoms with E-state index in [9.17, 15) is 19.2 Å². The molecular formula is C35H33N3O6S2. The molecule has 1 unspecified atom stereocenters. The van der Waals surface area contributed by atoms with E-state index in [1.54, 1.807) is 25.1 Å². The first-order valence-electron chi connectivity index (χ1n) is 14.7. The maximum absolute atomic E-state index is 14.1. The number of aliphatic carboxylic acids is 1. The maximum atomic E-state index is 14.1. The second-order valence-corrected chi connectivity index (χ2v) is 12.7. The molecule has 11 heteroatoms. The number of hydrogen-bond donors (Lipinski definition) is 3. The molecule has 9 nitrogen and oxygen atoms in total. The molecule has 3 N–H and O–H groups in total. The predicted octanol–water partition coefficient (Wildman–Crippen LogP) is 6.53. The van der Waals surface area contributed by atoms with Crippen LogP contribution in [0.4, 0.5) is 10.7 Å². The van der Waals surface area contributed by atoms with Crippen LogP contribution in [-0.4, -0.2) is 46.9 Å². The van der Waals surface area contributed by atoms with Gasteiger partial charge in [-0.15, -0.1) is 23.1 Å². The number of esters is 1. The molecule has 5 rings (SSSR count). The van der Waals surface area contributed by atoms with Gasteiger partial charge in [-0.1, -0.05) is 66.7 Å². The molecule has 2 heterocycles. The lowest BCUT2D eigenvalue weighted by molar-refractivity contribution is -0.131. The number of nitrogens with one attached hydrogen (secondary N) is 2. The second kappa shape index (κ2) is 15.5. The molecule has 1 aliphatic heterocycles. The van der Waals surface area contributed by atoms with Crippen molar-refractivity contribution in [3.63, 3.8) is 0 Å². The molecule has 3 aromatic carbocycles. The van der Waals surface area contributed by atoms with Gasteiger partial charge in [0, 0.05) is 47.2 Å². The van der Waals surface area contributed by atoms with Crippen molar-refractivity contribution in [2.24, 2.45) is 0 Å². The largest absolute Gasteiger partial charge is 0.478 e. The Morgan fingerprint density at radius 2 is 1.72 bits per heavy atom. The summed E-state index contributed by atoms with van der Waals surface area (Å²) in [6, 6.07) is 26.5. The van der Waals surface area contributed by atoms with Crippen LogP contribution in [0.15, 0.2) is 102 Å². The van der Waals surface area contributed by atoms with Gasteiger partial charge in [0.25, 0.3) is 0 Å². The van der Waals surface area contributed by atoms with Crippen molar-refractivity contribution in [3.05, 3.63) is 124 Å². The lowest BCUT2D eigenvalue weighted by Crippen LogP contribution is -2.30. The molecule has 0 saturated carbocycles. The highest BCUT2D eigenvalue weighted by Crippen LogP contribution is 2.41. The lowest BCUT2D eigenvalue weighted by atomic mass is 10.0. The third-order valence-corrected chi connectivity index (χ3v) is 9.55. The number of carbonyl (C=O) groups excluding carboxylic acids is 3. The van der Waals surface area contributed by atoms with E-state index in [1.165, 1.54) is 28.7 Å². The van der Waals surface area contributed by atoms with Crippen LogP contribution in [0.5, 0.6) is 0 Å². The quantitative estimate of drug-likeness (QED) is 0.0894. The van der Waals surface area contributed by atoms with Gasteiger partial charge in [-0.3, -0.25) is 14.5 Å². The number of hydrogen-bond acceptors (Lipinski definition) is 8. The van der Waals surface area contributed by atoms with Gasteiger partial charge in [-0.25, -0.2) is 9.59 Å². The average Bonchev–Trinajstić information content (AvgIpc) is 3.40. The Kier molecular flexibility index (Phi) is 11.0. The fourth-order valence-corrected chi connectivity index (χ4v) is 7.50. The van der Waals surface area contributed by atoms with Crippen LogP contribution in [0.25, 0.3) is 0 Å². The number of carboxylic acid groups (broad SMARTS) is 1. The number of ether oxygens (including phenoxy) is 1. The van der Waals surface area contributed by atoms with Gasteiger partial charge in [-0.2, -0.15) is 0 Å². The van der Waals surface area contributed by atoms with Crippen LogP contribution in [-0.2, 0) is 38.6 Å². The lowest BCUT2D eigenvalue weighted by Gasteiger charge is -2.27. The number of thioether (sulfide) groups is 1. The number of carboxylic acids is 1. The highest BCUT2D eigenvalue weighted by atomic mass is 32.2. The molecule has 0 bridgehead atoms. The Morgan fingerprint density at radius 3 is 2.43 bits per heavy atom. The van der Waals surface area contributed by atoms with Crippen LogP contribution >= 0.6 is 23.1 Å². The summed E-state index contributed by atoms with van der Waals surface area (Å²) in [6.45, 7) is 4.21. The number of nitrogens with zero attached hydrogens (tertiary/aromatic N) is 1. The second-order valence-electron chi connectivity index (χ2n) is 10.5. The molecule has 0 spiro atoms. The van der Waals surface area contributed by atoms with Crippen LogP contribution < -0.4 is 10.6 Å².